The van der Waals surface area contributed by atoms with Gasteiger partial charge in [0.25, 0.3) is 0 Å². The fraction of sp³-hybridized carbons (Fsp3) is 0.647. The van der Waals surface area contributed by atoms with Gasteiger partial charge in [0.2, 0.25) is 0 Å². The molecule has 152 valence electrons. The van der Waals surface area contributed by atoms with Crippen LogP contribution in [0.25, 0.3) is 0 Å². The molecular weight excluding hydrogens is 415 g/mol. The van der Waals surface area contributed by atoms with Crippen molar-refractivity contribution in [3.63, 3.8) is 0 Å². The lowest BCUT2D eigenvalue weighted by Gasteiger charge is -2.37. The smallest absolute Gasteiger partial charge is 0.314 e. The molecular formula is C17H25Cl3F4N2. The highest BCUT2D eigenvalue weighted by molar-refractivity contribution is 6.30. The van der Waals surface area contributed by atoms with Crippen LogP contribution in [0, 0.1) is 11.7 Å². The van der Waals surface area contributed by atoms with Crippen LogP contribution in [0.3, 0.4) is 0 Å². The zero-order chi connectivity index (χ0) is 17.9. The van der Waals surface area contributed by atoms with Crippen LogP contribution in [0.2, 0.25) is 5.02 Å². The maximum atomic E-state index is 14.6. The summed E-state index contributed by atoms with van der Waals surface area (Å²) in [6, 6.07) is 1.26. The Labute approximate surface area is 169 Å². The number of hydrogen-bond acceptors (Lipinski definition) is 2. The van der Waals surface area contributed by atoms with Crippen molar-refractivity contribution in [2.24, 2.45) is 5.92 Å². The Hall–Kier alpha value is -0.270. The maximum Gasteiger partial charge on any atom is 0.416 e. The van der Waals surface area contributed by atoms with E-state index in [1.807, 2.05) is 18.7 Å². The van der Waals surface area contributed by atoms with Gasteiger partial charge in [0, 0.05) is 37.8 Å². The molecule has 1 heterocycles. The summed E-state index contributed by atoms with van der Waals surface area (Å²) >= 11 is 5.81. The molecule has 26 heavy (non-hydrogen) atoms. The van der Waals surface area contributed by atoms with Gasteiger partial charge in [0.05, 0.1) is 10.6 Å². The molecule has 0 spiro atoms. The van der Waals surface area contributed by atoms with Crippen molar-refractivity contribution in [3.8, 4) is 0 Å². The summed E-state index contributed by atoms with van der Waals surface area (Å²) in [6.45, 7) is 6.56. The van der Waals surface area contributed by atoms with Crippen molar-refractivity contribution in [1.82, 2.24) is 10.2 Å². The van der Waals surface area contributed by atoms with E-state index >= 15 is 0 Å². The minimum Gasteiger partial charge on any atom is -0.314 e. The van der Waals surface area contributed by atoms with Crippen LogP contribution in [0.1, 0.15) is 43.9 Å². The highest BCUT2D eigenvalue weighted by atomic mass is 35.5. The number of rotatable bonds is 5. The summed E-state index contributed by atoms with van der Waals surface area (Å²) in [4.78, 5) is 1.93. The quantitative estimate of drug-likeness (QED) is 0.590. The fourth-order valence-corrected chi connectivity index (χ4v) is 3.30. The zero-order valence-electron chi connectivity index (χ0n) is 14.7. The zero-order valence-corrected chi connectivity index (χ0v) is 17.1. The van der Waals surface area contributed by atoms with Gasteiger partial charge in [-0.25, -0.2) is 4.39 Å². The van der Waals surface area contributed by atoms with Crippen molar-refractivity contribution in [1.29, 1.82) is 0 Å². The number of benzene rings is 1. The molecule has 2 rings (SSSR count). The van der Waals surface area contributed by atoms with Crippen molar-refractivity contribution >= 4 is 36.4 Å². The average Bonchev–Trinajstić information content (AvgIpc) is 2.51. The van der Waals surface area contributed by atoms with E-state index in [-0.39, 0.29) is 35.4 Å². The van der Waals surface area contributed by atoms with Crippen molar-refractivity contribution < 1.29 is 17.6 Å². The van der Waals surface area contributed by atoms with E-state index in [2.05, 4.69) is 5.32 Å². The second kappa shape index (κ2) is 10.9. The standard InChI is InChI=1S/C17H23ClF4N2.2ClH/c1-11(2)3-6-14(24-9-7-23-8-10-24)15-12(17(20,21)22)4-5-13(18)16(15)19;;/h4-5,11,14,23H,3,6-10H2,1-2H3;2*1H/t14-;;/m0../s1. The number of nitrogens with zero attached hydrogens (tertiary/aromatic N) is 1. The Morgan fingerprint density at radius 1 is 1.12 bits per heavy atom. The summed E-state index contributed by atoms with van der Waals surface area (Å²) in [6.07, 6.45) is -3.42. The summed E-state index contributed by atoms with van der Waals surface area (Å²) < 4.78 is 55.0. The van der Waals surface area contributed by atoms with Gasteiger partial charge < -0.3 is 5.32 Å². The molecule has 2 nitrogen and oxygen atoms in total. The van der Waals surface area contributed by atoms with E-state index in [1.54, 1.807) is 0 Å². The number of alkyl halides is 3. The summed E-state index contributed by atoms with van der Waals surface area (Å²) in [7, 11) is 0. The molecule has 1 aliphatic heterocycles. The van der Waals surface area contributed by atoms with E-state index in [1.165, 1.54) is 0 Å². The Morgan fingerprint density at radius 3 is 2.19 bits per heavy atom. The van der Waals surface area contributed by atoms with Crippen LogP contribution in [-0.4, -0.2) is 31.1 Å². The predicted octanol–water partition coefficient (Wildman–Crippen LogP) is 5.72. The second-order valence-corrected chi connectivity index (χ2v) is 7.00. The van der Waals surface area contributed by atoms with Gasteiger partial charge in [0.1, 0.15) is 5.82 Å². The highest BCUT2D eigenvalue weighted by Gasteiger charge is 2.39. The topological polar surface area (TPSA) is 15.3 Å². The molecule has 0 aromatic heterocycles. The van der Waals surface area contributed by atoms with Crippen molar-refractivity contribution in [2.75, 3.05) is 26.2 Å². The fourth-order valence-electron chi connectivity index (χ4n) is 3.13. The molecule has 0 bridgehead atoms. The van der Waals surface area contributed by atoms with Gasteiger partial charge in [0.15, 0.2) is 0 Å². The van der Waals surface area contributed by atoms with Gasteiger partial charge in [-0.15, -0.1) is 24.8 Å². The van der Waals surface area contributed by atoms with Gasteiger partial charge in [-0.1, -0.05) is 25.4 Å². The van der Waals surface area contributed by atoms with Crippen LogP contribution >= 0.6 is 36.4 Å². The Balaban J connectivity index is 0.00000312. The van der Waals surface area contributed by atoms with Crippen LogP contribution in [0.4, 0.5) is 17.6 Å². The molecule has 9 heteroatoms. The monoisotopic (exact) mass is 438 g/mol. The summed E-state index contributed by atoms with van der Waals surface area (Å²) in [5, 5.41) is 2.91. The minimum absolute atomic E-state index is 0. The van der Waals surface area contributed by atoms with E-state index in [4.69, 9.17) is 11.6 Å². The molecule has 1 aromatic carbocycles. The van der Waals surface area contributed by atoms with Crippen LogP contribution < -0.4 is 5.32 Å². The first-order valence-corrected chi connectivity index (χ1v) is 8.59. The predicted molar refractivity (Wildman–Crippen MR) is 102 cm³/mol. The van der Waals surface area contributed by atoms with Gasteiger partial charge in [-0.2, -0.15) is 13.2 Å². The first-order chi connectivity index (χ1) is 11.2. The minimum atomic E-state index is -4.61. The second-order valence-electron chi connectivity index (χ2n) is 6.59. The van der Waals surface area contributed by atoms with Gasteiger partial charge in [-0.05, 0) is 30.9 Å². The highest BCUT2D eigenvalue weighted by Crippen LogP contribution is 2.41. The van der Waals surface area contributed by atoms with Gasteiger partial charge in [-0.3, -0.25) is 4.90 Å². The Bertz CT molecular complexity index is 562. The molecule has 0 saturated carbocycles. The lowest BCUT2D eigenvalue weighted by Crippen LogP contribution is -2.45. The number of nitrogens with one attached hydrogen (secondary N) is 1. The van der Waals surface area contributed by atoms with Crippen LogP contribution in [0.15, 0.2) is 12.1 Å². The number of halogens is 7. The first kappa shape index (κ1) is 25.7. The summed E-state index contributed by atoms with van der Waals surface area (Å²) in [5.41, 5.74) is -1.23. The first-order valence-electron chi connectivity index (χ1n) is 8.21. The van der Waals surface area contributed by atoms with E-state index < -0.39 is 23.6 Å². The van der Waals surface area contributed by atoms with Crippen LogP contribution in [-0.2, 0) is 6.18 Å². The SMILES string of the molecule is CC(C)CC[C@@H](c1c(C(F)(F)F)ccc(Cl)c1F)N1CCNCC1.Cl.Cl. The third-order valence-corrected chi connectivity index (χ3v) is 4.67. The van der Waals surface area contributed by atoms with Crippen molar-refractivity contribution in [3.05, 3.63) is 34.1 Å². The number of piperazine rings is 1. The van der Waals surface area contributed by atoms with E-state index in [0.717, 1.165) is 18.6 Å². The third-order valence-electron chi connectivity index (χ3n) is 4.38. The third kappa shape index (κ3) is 6.41. The molecule has 1 aromatic rings. The molecule has 0 unspecified atom stereocenters. The molecule has 1 fully saturated rings. The molecule has 1 atom stereocenters. The lowest BCUT2D eigenvalue weighted by molar-refractivity contribution is -0.139. The average molecular weight is 440 g/mol. The largest absolute Gasteiger partial charge is 0.416 e. The lowest BCUT2D eigenvalue weighted by atomic mass is 9.91. The number of hydrogen-bond donors (Lipinski definition) is 1. The molecule has 1 N–H and O–H groups in total. The van der Waals surface area contributed by atoms with Gasteiger partial charge >= 0.3 is 6.18 Å². The van der Waals surface area contributed by atoms with E-state index in [0.29, 0.717) is 38.5 Å². The molecule has 1 saturated heterocycles. The molecule has 0 radical (unpaired) electrons. The van der Waals surface area contributed by atoms with Crippen LogP contribution in [0.5, 0.6) is 0 Å². The molecule has 0 aliphatic carbocycles. The molecule has 0 amide bonds. The normalized spacial score (nSPS) is 16.8. The Morgan fingerprint density at radius 2 is 1.69 bits per heavy atom. The van der Waals surface area contributed by atoms with Crippen molar-refractivity contribution in [2.45, 2.75) is 38.9 Å². The Kier molecular flexibility index (Phi) is 10.8. The summed E-state index contributed by atoms with van der Waals surface area (Å²) in [5.74, 6) is -0.620. The molecule has 1 aliphatic rings. The maximum absolute atomic E-state index is 14.6. The van der Waals surface area contributed by atoms with E-state index in [9.17, 15) is 17.6 Å².